The molecule has 1 aliphatic rings. The van der Waals surface area contributed by atoms with Gasteiger partial charge in [0.15, 0.2) is 5.96 Å². The number of aryl methyl sites for hydroxylation is 1. The fraction of sp³-hybridized carbons (Fsp3) is 0.429. The van der Waals surface area contributed by atoms with E-state index >= 15 is 0 Å². The van der Waals surface area contributed by atoms with Gasteiger partial charge in [0.1, 0.15) is 0 Å². The molecule has 1 aromatic carbocycles. The first kappa shape index (κ1) is 22.0. The summed E-state index contributed by atoms with van der Waals surface area (Å²) in [7, 11) is 0. The molecule has 0 radical (unpaired) electrons. The summed E-state index contributed by atoms with van der Waals surface area (Å²) in [6.07, 6.45) is 1.23. The van der Waals surface area contributed by atoms with Crippen LogP contribution in [0.25, 0.3) is 0 Å². The Morgan fingerprint density at radius 2 is 2.04 bits per heavy atom. The van der Waals surface area contributed by atoms with Gasteiger partial charge in [0.05, 0.1) is 12.2 Å². The molecule has 0 aliphatic carbocycles. The lowest BCUT2D eigenvalue weighted by molar-refractivity contribution is 0.474. The fourth-order valence-electron chi connectivity index (χ4n) is 3.16. The molecule has 2 aromatic rings. The lowest BCUT2D eigenvalue weighted by Gasteiger charge is -2.21. The average Bonchev–Trinajstić information content (AvgIpc) is 3.13. The van der Waals surface area contributed by atoms with Gasteiger partial charge in [-0.1, -0.05) is 24.3 Å². The van der Waals surface area contributed by atoms with Crippen molar-refractivity contribution in [1.82, 2.24) is 15.2 Å². The molecule has 0 saturated carbocycles. The van der Waals surface area contributed by atoms with Crippen LogP contribution in [0.1, 0.15) is 24.7 Å². The summed E-state index contributed by atoms with van der Waals surface area (Å²) in [5.41, 5.74) is 2.07. The van der Waals surface area contributed by atoms with Crippen molar-refractivity contribution in [2.75, 3.05) is 25.4 Å². The average molecular weight is 496 g/mol. The van der Waals surface area contributed by atoms with Crippen LogP contribution in [0.15, 0.2) is 58.4 Å². The van der Waals surface area contributed by atoms with Crippen LogP contribution < -0.4 is 5.32 Å². The first-order valence-electron chi connectivity index (χ1n) is 9.38. The monoisotopic (exact) mass is 496 g/mol. The maximum absolute atomic E-state index is 4.82. The maximum Gasteiger partial charge on any atom is 0.194 e. The van der Waals surface area contributed by atoms with Crippen molar-refractivity contribution < 1.29 is 0 Å². The Morgan fingerprint density at radius 3 is 2.78 bits per heavy atom. The SMILES string of the molecule is CCNC(=NCc1cccc(C)n1)N1CCC(CSc2ccccc2)C1.I. The van der Waals surface area contributed by atoms with Gasteiger partial charge in [-0.15, -0.1) is 35.7 Å². The van der Waals surface area contributed by atoms with Crippen LogP contribution in [-0.4, -0.2) is 41.2 Å². The molecule has 3 rings (SSSR count). The Balaban J connectivity index is 0.00000261. The highest BCUT2D eigenvalue weighted by molar-refractivity contribution is 14.0. The third-order valence-corrected chi connectivity index (χ3v) is 5.73. The molecule has 1 atom stereocenters. The smallest absolute Gasteiger partial charge is 0.194 e. The van der Waals surface area contributed by atoms with Crippen LogP contribution in [0.3, 0.4) is 0 Å². The first-order valence-corrected chi connectivity index (χ1v) is 10.4. The molecule has 1 saturated heterocycles. The minimum atomic E-state index is 0. The van der Waals surface area contributed by atoms with Crippen molar-refractivity contribution in [3.63, 3.8) is 0 Å². The summed E-state index contributed by atoms with van der Waals surface area (Å²) in [6.45, 7) is 7.82. The number of guanidine groups is 1. The zero-order valence-electron chi connectivity index (χ0n) is 16.1. The Kier molecular flexibility index (Phi) is 9.41. The lowest BCUT2D eigenvalue weighted by atomic mass is 10.2. The van der Waals surface area contributed by atoms with Crippen molar-refractivity contribution in [3.05, 3.63) is 59.9 Å². The molecule has 146 valence electrons. The van der Waals surface area contributed by atoms with Crippen LogP contribution in [0.4, 0.5) is 0 Å². The van der Waals surface area contributed by atoms with Gasteiger partial charge < -0.3 is 10.2 Å². The summed E-state index contributed by atoms with van der Waals surface area (Å²) >= 11 is 1.96. The molecular weight excluding hydrogens is 467 g/mol. The van der Waals surface area contributed by atoms with E-state index in [1.165, 1.54) is 17.1 Å². The number of nitrogens with one attached hydrogen (secondary N) is 1. The molecule has 1 aromatic heterocycles. The van der Waals surface area contributed by atoms with Crippen LogP contribution in [0.5, 0.6) is 0 Å². The number of halogens is 1. The minimum Gasteiger partial charge on any atom is -0.357 e. The van der Waals surface area contributed by atoms with Crippen molar-refractivity contribution in [2.45, 2.75) is 31.7 Å². The van der Waals surface area contributed by atoms with E-state index in [9.17, 15) is 0 Å². The van der Waals surface area contributed by atoms with Crippen molar-refractivity contribution >= 4 is 41.7 Å². The number of aromatic nitrogens is 1. The van der Waals surface area contributed by atoms with E-state index in [2.05, 4.69) is 52.5 Å². The molecule has 1 N–H and O–H groups in total. The van der Waals surface area contributed by atoms with E-state index in [0.29, 0.717) is 12.5 Å². The predicted molar refractivity (Wildman–Crippen MR) is 126 cm³/mol. The quantitative estimate of drug-likeness (QED) is 0.275. The number of nitrogens with zero attached hydrogens (tertiary/aromatic N) is 3. The zero-order valence-corrected chi connectivity index (χ0v) is 19.2. The first-order chi connectivity index (χ1) is 12.7. The maximum atomic E-state index is 4.82. The second kappa shape index (κ2) is 11.5. The minimum absolute atomic E-state index is 0. The highest BCUT2D eigenvalue weighted by Crippen LogP contribution is 2.25. The molecule has 4 nitrogen and oxygen atoms in total. The van der Waals surface area contributed by atoms with Gasteiger partial charge in [-0.25, -0.2) is 4.99 Å². The molecular formula is C21H29IN4S. The second-order valence-electron chi connectivity index (χ2n) is 6.67. The third-order valence-electron chi connectivity index (χ3n) is 4.49. The number of rotatable bonds is 6. The Labute approximate surface area is 184 Å². The third kappa shape index (κ3) is 6.99. The number of hydrogen-bond acceptors (Lipinski definition) is 3. The molecule has 0 bridgehead atoms. The predicted octanol–water partition coefficient (Wildman–Crippen LogP) is 4.59. The van der Waals surface area contributed by atoms with E-state index in [-0.39, 0.29) is 24.0 Å². The number of thioether (sulfide) groups is 1. The van der Waals surface area contributed by atoms with Crippen LogP contribution in [-0.2, 0) is 6.54 Å². The van der Waals surface area contributed by atoms with E-state index in [1.807, 2.05) is 36.9 Å². The number of pyridine rings is 1. The fourth-order valence-corrected chi connectivity index (χ4v) is 4.21. The van der Waals surface area contributed by atoms with Gasteiger partial charge in [0, 0.05) is 36.0 Å². The Morgan fingerprint density at radius 1 is 1.22 bits per heavy atom. The molecule has 0 amide bonds. The molecule has 0 spiro atoms. The second-order valence-corrected chi connectivity index (χ2v) is 7.76. The summed E-state index contributed by atoms with van der Waals surface area (Å²) in [6, 6.07) is 16.8. The largest absolute Gasteiger partial charge is 0.357 e. The topological polar surface area (TPSA) is 40.5 Å². The van der Waals surface area contributed by atoms with Crippen molar-refractivity contribution in [1.29, 1.82) is 0 Å². The van der Waals surface area contributed by atoms with E-state index in [0.717, 1.165) is 37.0 Å². The van der Waals surface area contributed by atoms with Crippen molar-refractivity contribution in [3.8, 4) is 0 Å². The Hall–Kier alpha value is -1.28. The van der Waals surface area contributed by atoms with Gasteiger partial charge >= 0.3 is 0 Å². The number of hydrogen-bond donors (Lipinski definition) is 1. The van der Waals surface area contributed by atoms with Gasteiger partial charge in [0.2, 0.25) is 0 Å². The highest BCUT2D eigenvalue weighted by atomic mass is 127. The van der Waals surface area contributed by atoms with Crippen molar-refractivity contribution in [2.24, 2.45) is 10.9 Å². The standard InChI is InChI=1S/C21H28N4S.HI/c1-3-22-21(23-14-19-9-7-8-17(2)24-19)25-13-12-18(15-25)16-26-20-10-5-4-6-11-20;/h4-11,18H,3,12-16H2,1-2H3,(H,22,23);1H. The number of aliphatic imine (C=N–C) groups is 1. The molecule has 1 fully saturated rings. The van der Waals surface area contributed by atoms with Gasteiger partial charge in [-0.2, -0.15) is 0 Å². The molecule has 1 aliphatic heterocycles. The highest BCUT2D eigenvalue weighted by Gasteiger charge is 2.24. The summed E-state index contributed by atoms with van der Waals surface area (Å²) in [5.74, 6) is 2.89. The summed E-state index contributed by atoms with van der Waals surface area (Å²) < 4.78 is 0. The van der Waals surface area contributed by atoms with Gasteiger partial charge in [-0.3, -0.25) is 4.98 Å². The molecule has 1 unspecified atom stereocenters. The molecule has 2 heterocycles. The molecule has 27 heavy (non-hydrogen) atoms. The van der Waals surface area contributed by atoms with Gasteiger partial charge in [0.25, 0.3) is 0 Å². The molecule has 6 heteroatoms. The van der Waals surface area contributed by atoms with E-state index < -0.39 is 0 Å². The van der Waals surface area contributed by atoms with E-state index in [4.69, 9.17) is 4.99 Å². The van der Waals surface area contributed by atoms with Crippen LogP contribution >= 0.6 is 35.7 Å². The number of likely N-dealkylation sites (tertiary alicyclic amines) is 1. The van der Waals surface area contributed by atoms with Gasteiger partial charge in [-0.05, 0) is 50.5 Å². The van der Waals surface area contributed by atoms with Crippen LogP contribution in [0.2, 0.25) is 0 Å². The number of benzene rings is 1. The summed E-state index contributed by atoms with van der Waals surface area (Å²) in [4.78, 5) is 13.1. The Bertz CT molecular complexity index is 723. The van der Waals surface area contributed by atoms with Crippen LogP contribution in [0, 0.1) is 12.8 Å². The zero-order chi connectivity index (χ0) is 18.2. The summed E-state index contributed by atoms with van der Waals surface area (Å²) in [5, 5.41) is 3.45. The normalized spacial score (nSPS) is 16.9. The lowest BCUT2D eigenvalue weighted by Crippen LogP contribution is -2.40. The van der Waals surface area contributed by atoms with E-state index in [1.54, 1.807) is 0 Å².